The zero-order valence-corrected chi connectivity index (χ0v) is 12.5. The fourth-order valence-electron chi connectivity index (χ4n) is 2.41. The minimum atomic E-state index is -0.122. The standard InChI is InChI=1S/C17H24N2O/c1-13(2)17(20)18-16-6-4-15(5-7-16)12-19-10-8-14(3)9-11-19/h4-7,14H,1,8-12H2,2-3H3,(H,18,20). The molecule has 0 unspecified atom stereocenters. The fraction of sp³-hybridized carbons (Fsp3) is 0.471. The van der Waals surface area contributed by atoms with Crippen LogP contribution in [0.15, 0.2) is 36.4 Å². The van der Waals surface area contributed by atoms with E-state index in [0.717, 1.165) is 18.2 Å². The summed E-state index contributed by atoms with van der Waals surface area (Å²) in [4.78, 5) is 14.0. The van der Waals surface area contributed by atoms with Gasteiger partial charge in [-0.25, -0.2) is 0 Å². The number of rotatable bonds is 4. The van der Waals surface area contributed by atoms with E-state index in [-0.39, 0.29) is 5.91 Å². The maximum Gasteiger partial charge on any atom is 0.250 e. The minimum Gasteiger partial charge on any atom is -0.322 e. The summed E-state index contributed by atoms with van der Waals surface area (Å²) in [5.74, 6) is 0.744. The van der Waals surface area contributed by atoms with Gasteiger partial charge in [-0.15, -0.1) is 0 Å². The van der Waals surface area contributed by atoms with E-state index in [0.29, 0.717) is 5.57 Å². The Balaban J connectivity index is 1.88. The molecule has 2 rings (SSSR count). The summed E-state index contributed by atoms with van der Waals surface area (Å²) in [5.41, 5.74) is 2.65. The summed E-state index contributed by atoms with van der Waals surface area (Å²) >= 11 is 0. The highest BCUT2D eigenvalue weighted by molar-refractivity contribution is 6.02. The number of hydrogen-bond donors (Lipinski definition) is 1. The number of nitrogens with zero attached hydrogens (tertiary/aromatic N) is 1. The first kappa shape index (κ1) is 14.8. The number of likely N-dealkylation sites (tertiary alicyclic amines) is 1. The third kappa shape index (κ3) is 4.20. The number of benzene rings is 1. The third-order valence-electron chi connectivity index (χ3n) is 3.88. The Labute approximate surface area is 121 Å². The van der Waals surface area contributed by atoms with E-state index in [1.54, 1.807) is 6.92 Å². The molecule has 1 aromatic carbocycles. The lowest BCUT2D eigenvalue weighted by atomic mass is 9.99. The van der Waals surface area contributed by atoms with Crippen LogP contribution in [-0.4, -0.2) is 23.9 Å². The lowest BCUT2D eigenvalue weighted by molar-refractivity contribution is -0.112. The van der Waals surface area contributed by atoms with Gasteiger partial charge in [-0.3, -0.25) is 9.69 Å². The third-order valence-corrected chi connectivity index (χ3v) is 3.88. The molecule has 0 bridgehead atoms. The highest BCUT2D eigenvalue weighted by Gasteiger charge is 2.15. The Bertz CT molecular complexity index is 470. The van der Waals surface area contributed by atoms with Gasteiger partial charge >= 0.3 is 0 Å². The van der Waals surface area contributed by atoms with Crippen molar-refractivity contribution in [2.24, 2.45) is 5.92 Å². The lowest BCUT2D eigenvalue weighted by Crippen LogP contribution is -2.32. The Morgan fingerprint density at radius 1 is 1.30 bits per heavy atom. The monoisotopic (exact) mass is 272 g/mol. The van der Waals surface area contributed by atoms with Gasteiger partial charge in [-0.2, -0.15) is 0 Å². The largest absolute Gasteiger partial charge is 0.322 e. The molecular formula is C17H24N2O. The highest BCUT2D eigenvalue weighted by atomic mass is 16.1. The molecule has 3 heteroatoms. The van der Waals surface area contributed by atoms with Gasteiger partial charge in [0.15, 0.2) is 0 Å². The summed E-state index contributed by atoms with van der Waals surface area (Å²) in [7, 11) is 0. The molecule has 0 saturated carbocycles. The summed E-state index contributed by atoms with van der Waals surface area (Å²) in [6.45, 7) is 11.1. The van der Waals surface area contributed by atoms with Crippen molar-refractivity contribution in [3.63, 3.8) is 0 Å². The number of piperidine rings is 1. The van der Waals surface area contributed by atoms with E-state index in [2.05, 4.69) is 35.9 Å². The van der Waals surface area contributed by atoms with E-state index < -0.39 is 0 Å². The van der Waals surface area contributed by atoms with Crippen molar-refractivity contribution in [1.82, 2.24) is 4.90 Å². The Morgan fingerprint density at radius 2 is 1.90 bits per heavy atom. The van der Waals surface area contributed by atoms with Crippen molar-refractivity contribution in [3.05, 3.63) is 42.0 Å². The van der Waals surface area contributed by atoms with Crippen molar-refractivity contribution < 1.29 is 4.79 Å². The van der Waals surface area contributed by atoms with Crippen LogP contribution in [0.1, 0.15) is 32.3 Å². The summed E-state index contributed by atoms with van der Waals surface area (Å²) in [6.07, 6.45) is 2.60. The van der Waals surface area contributed by atoms with Gasteiger partial charge in [0.1, 0.15) is 0 Å². The van der Waals surface area contributed by atoms with E-state index in [9.17, 15) is 4.79 Å². The molecule has 20 heavy (non-hydrogen) atoms. The van der Waals surface area contributed by atoms with Gasteiger partial charge in [0.25, 0.3) is 5.91 Å². The van der Waals surface area contributed by atoms with Crippen LogP contribution in [0.3, 0.4) is 0 Å². The molecule has 1 aliphatic heterocycles. The molecule has 1 saturated heterocycles. The number of anilines is 1. The zero-order valence-electron chi connectivity index (χ0n) is 12.5. The van der Waals surface area contributed by atoms with Crippen molar-refractivity contribution in [1.29, 1.82) is 0 Å². The van der Waals surface area contributed by atoms with Crippen LogP contribution in [0.2, 0.25) is 0 Å². The average Bonchev–Trinajstić information content (AvgIpc) is 2.43. The molecule has 1 aromatic rings. The minimum absolute atomic E-state index is 0.122. The number of carbonyl (C=O) groups excluding carboxylic acids is 1. The van der Waals surface area contributed by atoms with Crippen LogP contribution in [0, 0.1) is 5.92 Å². The van der Waals surface area contributed by atoms with Crippen molar-refractivity contribution in [2.75, 3.05) is 18.4 Å². The summed E-state index contributed by atoms with van der Waals surface area (Å²) < 4.78 is 0. The first-order valence-electron chi connectivity index (χ1n) is 7.33. The quantitative estimate of drug-likeness (QED) is 0.852. The summed E-state index contributed by atoms with van der Waals surface area (Å²) in [5, 5.41) is 2.83. The number of nitrogens with one attached hydrogen (secondary N) is 1. The van der Waals surface area contributed by atoms with Gasteiger partial charge in [0, 0.05) is 17.8 Å². The van der Waals surface area contributed by atoms with Crippen molar-refractivity contribution in [2.45, 2.75) is 33.2 Å². The first-order valence-corrected chi connectivity index (χ1v) is 7.33. The number of carbonyl (C=O) groups is 1. The first-order chi connectivity index (χ1) is 9.54. The van der Waals surface area contributed by atoms with E-state index in [4.69, 9.17) is 0 Å². The molecular weight excluding hydrogens is 248 g/mol. The predicted molar refractivity (Wildman–Crippen MR) is 83.6 cm³/mol. The molecule has 3 nitrogen and oxygen atoms in total. The second-order valence-electron chi connectivity index (χ2n) is 5.89. The molecule has 1 amide bonds. The average molecular weight is 272 g/mol. The molecule has 1 fully saturated rings. The molecule has 1 heterocycles. The molecule has 0 atom stereocenters. The topological polar surface area (TPSA) is 32.3 Å². The maximum atomic E-state index is 11.5. The molecule has 0 aromatic heterocycles. The van der Waals surface area contributed by atoms with E-state index in [1.807, 2.05) is 12.1 Å². The van der Waals surface area contributed by atoms with Crippen LogP contribution < -0.4 is 5.32 Å². The van der Waals surface area contributed by atoms with Gasteiger partial charge < -0.3 is 5.32 Å². The predicted octanol–water partition coefficient (Wildman–Crippen LogP) is 3.43. The zero-order chi connectivity index (χ0) is 14.5. The SMILES string of the molecule is C=C(C)C(=O)Nc1ccc(CN2CCC(C)CC2)cc1. The van der Waals surface area contributed by atoms with Crippen LogP contribution in [0.5, 0.6) is 0 Å². The normalized spacial score (nSPS) is 16.9. The van der Waals surface area contributed by atoms with Crippen molar-refractivity contribution >= 4 is 11.6 Å². The highest BCUT2D eigenvalue weighted by Crippen LogP contribution is 2.19. The van der Waals surface area contributed by atoms with E-state index >= 15 is 0 Å². The molecule has 0 radical (unpaired) electrons. The molecule has 1 aliphatic rings. The smallest absolute Gasteiger partial charge is 0.250 e. The van der Waals surface area contributed by atoms with Gasteiger partial charge in [0.05, 0.1) is 0 Å². The van der Waals surface area contributed by atoms with Crippen LogP contribution in [-0.2, 0) is 11.3 Å². The van der Waals surface area contributed by atoms with Gasteiger partial charge in [0.2, 0.25) is 0 Å². The van der Waals surface area contributed by atoms with Crippen LogP contribution >= 0.6 is 0 Å². The Morgan fingerprint density at radius 3 is 2.45 bits per heavy atom. The number of amides is 1. The second kappa shape index (κ2) is 6.71. The molecule has 0 aliphatic carbocycles. The molecule has 108 valence electrons. The van der Waals surface area contributed by atoms with E-state index in [1.165, 1.54) is 31.5 Å². The molecule has 0 spiro atoms. The van der Waals surface area contributed by atoms with Crippen molar-refractivity contribution in [3.8, 4) is 0 Å². The number of hydrogen-bond acceptors (Lipinski definition) is 2. The summed E-state index contributed by atoms with van der Waals surface area (Å²) in [6, 6.07) is 8.10. The fourth-order valence-corrected chi connectivity index (χ4v) is 2.41. The van der Waals surface area contributed by atoms with Crippen LogP contribution in [0.25, 0.3) is 0 Å². The second-order valence-corrected chi connectivity index (χ2v) is 5.89. The maximum absolute atomic E-state index is 11.5. The Kier molecular flexibility index (Phi) is 4.96. The molecule has 1 N–H and O–H groups in total. The van der Waals surface area contributed by atoms with Gasteiger partial charge in [-0.1, -0.05) is 25.6 Å². The lowest BCUT2D eigenvalue weighted by Gasteiger charge is -2.30. The Hall–Kier alpha value is -1.61. The van der Waals surface area contributed by atoms with Gasteiger partial charge in [-0.05, 0) is 56.5 Å². The van der Waals surface area contributed by atoms with Crippen LogP contribution in [0.4, 0.5) is 5.69 Å².